The van der Waals surface area contributed by atoms with Crippen molar-refractivity contribution in [1.29, 1.82) is 0 Å². The van der Waals surface area contributed by atoms with E-state index in [1.807, 2.05) is 0 Å². The van der Waals surface area contributed by atoms with Crippen LogP contribution in [0.1, 0.15) is 285 Å². The third kappa shape index (κ3) is 45.3. The lowest BCUT2D eigenvalue weighted by atomic mass is 10.0. The molecule has 6 nitrogen and oxygen atoms in total. The summed E-state index contributed by atoms with van der Waals surface area (Å²) in [5, 5.41) is 0. The van der Waals surface area contributed by atoms with Crippen LogP contribution in [0, 0.1) is 5.92 Å². The minimum Gasteiger partial charge on any atom is -0.462 e. The zero-order valence-corrected chi connectivity index (χ0v) is 38.8. The Morgan fingerprint density at radius 1 is 0.333 bits per heavy atom. The Hall–Kier alpha value is -1.59. The number of hydrogen-bond donors (Lipinski definition) is 0. The molecule has 0 fully saturated rings. The number of esters is 3. The number of unbranched alkanes of at least 4 members (excludes halogenated alkanes) is 33. The number of rotatable bonds is 46. The van der Waals surface area contributed by atoms with E-state index in [2.05, 4.69) is 27.7 Å². The number of ether oxygens (including phenoxy) is 3. The minimum absolute atomic E-state index is 0.0629. The summed E-state index contributed by atoms with van der Waals surface area (Å²) in [5.74, 6) is -0.0159. The molecule has 0 aromatic rings. The van der Waals surface area contributed by atoms with E-state index in [0.717, 1.165) is 63.7 Å². The predicted octanol–water partition coefficient (Wildman–Crippen LogP) is 16.3. The first-order valence-electron chi connectivity index (χ1n) is 25.4. The molecule has 0 aromatic heterocycles. The smallest absolute Gasteiger partial charge is 0.306 e. The first-order valence-corrected chi connectivity index (χ1v) is 25.4. The molecule has 0 saturated heterocycles. The molecule has 0 amide bonds. The molecule has 0 radical (unpaired) electrons. The molecule has 0 bridgehead atoms. The summed E-state index contributed by atoms with van der Waals surface area (Å²) in [7, 11) is 0. The molecule has 0 spiro atoms. The van der Waals surface area contributed by atoms with Gasteiger partial charge in [-0.1, -0.05) is 246 Å². The lowest BCUT2D eigenvalue weighted by Crippen LogP contribution is -2.30. The average molecular weight is 807 g/mol. The summed E-state index contributed by atoms with van der Waals surface area (Å²) >= 11 is 0. The maximum Gasteiger partial charge on any atom is 0.306 e. The highest BCUT2D eigenvalue weighted by atomic mass is 16.6. The number of carbonyl (C=O) groups is 3. The number of carbonyl (C=O) groups excluding carboxylic acids is 3. The van der Waals surface area contributed by atoms with E-state index in [9.17, 15) is 14.4 Å². The summed E-state index contributed by atoms with van der Waals surface area (Å²) in [6.07, 6.45) is 46.6. The van der Waals surface area contributed by atoms with Crippen molar-refractivity contribution >= 4 is 17.9 Å². The summed E-state index contributed by atoms with van der Waals surface area (Å²) in [4.78, 5) is 37.8. The van der Waals surface area contributed by atoms with E-state index in [1.54, 1.807) is 0 Å². The summed E-state index contributed by atoms with van der Waals surface area (Å²) in [6, 6.07) is 0. The Morgan fingerprint density at radius 3 is 0.860 bits per heavy atom. The van der Waals surface area contributed by atoms with Gasteiger partial charge in [-0.3, -0.25) is 14.4 Å². The van der Waals surface area contributed by atoms with Crippen LogP contribution in [-0.2, 0) is 28.6 Å². The van der Waals surface area contributed by atoms with Crippen molar-refractivity contribution in [3.63, 3.8) is 0 Å². The van der Waals surface area contributed by atoms with Gasteiger partial charge in [0.05, 0.1) is 0 Å². The maximum atomic E-state index is 12.8. The van der Waals surface area contributed by atoms with Crippen molar-refractivity contribution in [2.75, 3.05) is 13.2 Å². The Morgan fingerprint density at radius 2 is 0.579 bits per heavy atom. The summed E-state index contributed by atoms with van der Waals surface area (Å²) in [6.45, 7) is 9.01. The normalized spacial score (nSPS) is 11.9. The summed E-state index contributed by atoms with van der Waals surface area (Å²) < 4.78 is 16.8. The minimum atomic E-state index is -0.759. The van der Waals surface area contributed by atoms with Gasteiger partial charge in [-0.25, -0.2) is 0 Å². The molecule has 338 valence electrons. The van der Waals surface area contributed by atoms with Gasteiger partial charge in [0.15, 0.2) is 6.10 Å². The fourth-order valence-electron chi connectivity index (χ4n) is 7.69. The third-order valence-corrected chi connectivity index (χ3v) is 11.5. The van der Waals surface area contributed by atoms with Gasteiger partial charge in [0.25, 0.3) is 0 Å². The molecule has 6 heteroatoms. The zero-order chi connectivity index (χ0) is 41.7. The van der Waals surface area contributed by atoms with Crippen molar-refractivity contribution in [2.45, 2.75) is 291 Å². The molecule has 0 heterocycles. The lowest BCUT2D eigenvalue weighted by molar-refractivity contribution is -0.167. The maximum absolute atomic E-state index is 12.8. The van der Waals surface area contributed by atoms with Crippen molar-refractivity contribution < 1.29 is 28.6 Å². The lowest BCUT2D eigenvalue weighted by Gasteiger charge is -2.18. The van der Waals surface area contributed by atoms with Crippen molar-refractivity contribution in [3.05, 3.63) is 0 Å². The van der Waals surface area contributed by atoms with Crippen molar-refractivity contribution in [2.24, 2.45) is 5.92 Å². The first kappa shape index (κ1) is 55.4. The molecule has 0 aliphatic heterocycles. The van der Waals surface area contributed by atoms with Crippen LogP contribution in [-0.4, -0.2) is 37.2 Å². The molecule has 1 atom stereocenters. The number of hydrogen-bond acceptors (Lipinski definition) is 6. The van der Waals surface area contributed by atoms with E-state index < -0.39 is 6.10 Å². The average Bonchev–Trinajstić information content (AvgIpc) is 3.19. The predicted molar refractivity (Wildman–Crippen MR) is 243 cm³/mol. The van der Waals surface area contributed by atoms with E-state index >= 15 is 0 Å². The van der Waals surface area contributed by atoms with Crippen LogP contribution in [0.25, 0.3) is 0 Å². The van der Waals surface area contributed by atoms with Gasteiger partial charge < -0.3 is 14.2 Å². The van der Waals surface area contributed by atoms with E-state index in [0.29, 0.717) is 19.3 Å². The Labute approximate surface area is 355 Å². The van der Waals surface area contributed by atoms with Gasteiger partial charge in [0.2, 0.25) is 0 Å². The molecule has 0 N–H and O–H groups in total. The van der Waals surface area contributed by atoms with Crippen LogP contribution in [0.3, 0.4) is 0 Å². The highest BCUT2D eigenvalue weighted by Crippen LogP contribution is 2.17. The topological polar surface area (TPSA) is 78.9 Å². The molecule has 0 aliphatic carbocycles. The summed E-state index contributed by atoms with van der Waals surface area (Å²) in [5.41, 5.74) is 0. The Balaban J connectivity index is 4.27. The molecule has 0 unspecified atom stereocenters. The standard InChI is InChI=1S/C51H98O6/c1-5-7-9-11-13-15-16-17-18-19-23-27-31-35-39-43-50(53)56-46-48(45-55-49(52)42-38-34-30-25-14-12-10-8-6-2)57-51(54)44-40-36-32-28-24-21-20-22-26-29-33-37-41-47(3)4/h47-48H,5-46H2,1-4H3/t48-/m0/s1. The quantitative estimate of drug-likeness (QED) is 0.0346. The second kappa shape index (κ2) is 45.5. The Kier molecular flexibility index (Phi) is 44.2. The van der Waals surface area contributed by atoms with Gasteiger partial charge in [0.1, 0.15) is 13.2 Å². The fourth-order valence-corrected chi connectivity index (χ4v) is 7.69. The fraction of sp³-hybridized carbons (Fsp3) is 0.941. The second-order valence-corrected chi connectivity index (χ2v) is 17.9. The van der Waals surface area contributed by atoms with Crippen LogP contribution in [0.15, 0.2) is 0 Å². The van der Waals surface area contributed by atoms with Gasteiger partial charge in [-0.05, 0) is 25.2 Å². The van der Waals surface area contributed by atoms with Gasteiger partial charge >= 0.3 is 17.9 Å². The van der Waals surface area contributed by atoms with Crippen LogP contribution < -0.4 is 0 Å². The second-order valence-electron chi connectivity index (χ2n) is 17.9. The largest absolute Gasteiger partial charge is 0.462 e. The molecule has 0 rings (SSSR count). The van der Waals surface area contributed by atoms with E-state index in [4.69, 9.17) is 14.2 Å². The monoisotopic (exact) mass is 807 g/mol. The molecular weight excluding hydrogens is 709 g/mol. The van der Waals surface area contributed by atoms with Crippen molar-refractivity contribution in [3.8, 4) is 0 Å². The molecule has 0 aromatic carbocycles. The SMILES string of the molecule is CCCCCCCCCCCCCCCCCC(=O)OC[C@H](COC(=O)CCCCCCCCCCC)OC(=O)CCCCCCCCCCCCCCC(C)C. The Bertz CT molecular complexity index is 857. The van der Waals surface area contributed by atoms with Gasteiger partial charge in [-0.2, -0.15) is 0 Å². The van der Waals surface area contributed by atoms with Crippen LogP contribution in [0.5, 0.6) is 0 Å². The molecular formula is C51H98O6. The van der Waals surface area contributed by atoms with E-state index in [1.165, 1.54) is 180 Å². The zero-order valence-electron chi connectivity index (χ0n) is 38.8. The molecule has 0 aliphatic rings. The van der Waals surface area contributed by atoms with Gasteiger partial charge in [-0.15, -0.1) is 0 Å². The van der Waals surface area contributed by atoms with Crippen LogP contribution >= 0.6 is 0 Å². The third-order valence-electron chi connectivity index (χ3n) is 11.5. The highest BCUT2D eigenvalue weighted by molar-refractivity contribution is 5.71. The first-order chi connectivity index (χ1) is 27.9. The van der Waals surface area contributed by atoms with Crippen LogP contribution in [0.2, 0.25) is 0 Å². The van der Waals surface area contributed by atoms with Crippen LogP contribution in [0.4, 0.5) is 0 Å². The highest BCUT2D eigenvalue weighted by Gasteiger charge is 2.19. The molecule has 0 saturated carbocycles. The van der Waals surface area contributed by atoms with Gasteiger partial charge in [0, 0.05) is 19.3 Å². The van der Waals surface area contributed by atoms with Crippen molar-refractivity contribution in [1.82, 2.24) is 0 Å². The van der Waals surface area contributed by atoms with E-state index in [-0.39, 0.29) is 31.1 Å². The molecule has 57 heavy (non-hydrogen) atoms.